The number of nitrogens with zero attached hydrogens (tertiary/aromatic N) is 3. The fourth-order valence-corrected chi connectivity index (χ4v) is 3.36. The first kappa shape index (κ1) is 19.2. The second-order valence-electron chi connectivity index (χ2n) is 6.92. The van der Waals surface area contributed by atoms with Gasteiger partial charge in [-0.25, -0.2) is 9.79 Å². The lowest BCUT2D eigenvalue weighted by Gasteiger charge is -2.38. The van der Waals surface area contributed by atoms with Crippen LogP contribution in [0, 0.1) is 0 Å². The number of likely N-dealkylation sites (tertiary alicyclic amines) is 1. The van der Waals surface area contributed by atoms with Crippen molar-refractivity contribution in [2.24, 2.45) is 4.99 Å². The molecule has 1 N–H and O–H groups in total. The standard InChI is InChI=1S/C20H28N4O3/c1-15-13-18(22-19(21-15)26-3)24-11-9-17(10-12-24)23(2)20(25)27-14-16-7-5-4-6-8-16/h4-8,13,17,19,21H,9-12,14H2,1-3H3. The Kier molecular flexibility index (Phi) is 6.34. The Labute approximate surface area is 160 Å². The average Bonchev–Trinajstić information content (AvgIpc) is 2.71. The summed E-state index contributed by atoms with van der Waals surface area (Å²) in [5.41, 5.74) is 2.03. The molecule has 0 radical (unpaired) electrons. The number of nitrogens with one attached hydrogen (secondary N) is 1. The number of amides is 1. The van der Waals surface area contributed by atoms with Crippen molar-refractivity contribution < 1.29 is 14.3 Å². The van der Waals surface area contributed by atoms with Crippen LogP contribution < -0.4 is 5.32 Å². The maximum Gasteiger partial charge on any atom is 0.410 e. The van der Waals surface area contributed by atoms with Crippen molar-refractivity contribution >= 4 is 11.9 Å². The number of benzene rings is 1. The normalized spacial score (nSPS) is 20.4. The smallest absolute Gasteiger partial charge is 0.410 e. The summed E-state index contributed by atoms with van der Waals surface area (Å²) in [7, 11) is 3.46. The minimum Gasteiger partial charge on any atom is -0.445 e. The first-order valence-electron chi connectivity index (χ1n) is 9.30. The lowest BCUT2D eigenvalue weighted by atomic mass is 10.0. The van der Waals surface area contributed by atoms with Gasteiger partial charge in [0.05, 0.1) is 0 Å². The van der Waals surface area contributed by atoms with Crippen LogP contribution in [0.1, 0.15) is 25.3 Å². The zero-order valence-corrected chi connectivity index (χ0v) is 16.2. The van der Waals surface area contributed by atoms with Crippen LogP contribution in [0.4, 0.5) is 4.79 Å². The van der Waals surface area contributed by atoms with Crippen molar-refractivity contribution in [2.45, 2.75) is 38.8 Å². The number of piperidine rings is 1. The lowest BCUT2D eigenvalue weighted by Crippen LogP contribution is -2.48. The molecule has 1 aromatic carbocycles. The van der Waals surface area contributed by atoms with Crippen LogP contribution in [0.15, 0.2) is 47.1 Å². The number of hydrogen-bond donors (Lipinski definition) is 1. The SMILES string of the molecule is COC1N=C(N2CCC(N(C)C(=O)OCc3ccccc3)CC2)C=C(C)N1. The summed E-state index contributed by atoms with van der Waals surface area (Å²) in [4.78, 5) is 20.9. The van der Waals surface area contributed by atoms with E-state index >= 15 is 0 Å². The molecular weight excluding hydrogens is 344 g/mol. The second kappa shape index (κ2) is 8.90. The van der Waals surface area contributed by atoms with E-state index in [1.54, 1.807) is 12.0 Å². The first-order valence-corrected chi connectivity index (χ1v) is 9.30. The maximum absolute atomic E-state index is 12.4. The van der Waals surface area contributed by atoms with Gasteiger partial charge in [0.1, 0.15) is 12.4 Å². The molecule has 7 heteroatoms. The van der Waals surface area contributed by atoms with Crippen LogP contribution in [-0.4, -0.2) is 61.4 Å². The monoisotopic (exact) mass is 372 g/mol. The summed E-state index contributed by atoms with van der Waals surface area (Å²) in [5, 5.41) is 3.16. The Morgan fingerprint density at radius 2 is 2.00 bits per heavy atom. The van der Waals surface area contributed by atoms with Crippen LogP contribution in [0.2, 0.25) is 0 Å². The molecule has 0 saturated carbocycles. The van der Waals surface area contributed by atoms with E-state index in [2.05, 4.69) is 15.2 Å². The Morgan fingerprint density at radius 3 is 2.67 bits per heavy atom. The zero-order chi connectivity index (χ0) is 19.2. The van der Waals surface area contributed by atoms with Gasteiger partial charge in [0.2, 0.25) is 6.35 Å². The summed E-state index contributed by atoms with van der Waals surface area (Å²) in [6, 6.07) is 9.91. The number of amidine groups is 1. The lowest BCUT2D eigenvalue weighted by molar-refractivity contribution is 0.0775. The van der Waals surface area contributed by atoms with E-state index in [1.165, 1.54) is 0 Å². The molecule has 2 heterocycles. The molecule has 0 aliphatic carbocycles. The predicted molar refractivity (Wildman–Crippen MR) is 104 cm³/mol. The summed E-state index contributed by atoms with van der Waals surface area (Å²) in [6.45, 7) is 4.00. The highest BCUT2D eigenvalue weighted by Crippen LogP contribution is 2.19. The number of carbonyl (C=O) groups is 1. The molecule has 2 aliphatic rings. The highest BCUT2D eigenvalue weighted by molar-refractivity contribution is 5.94. The van der Waals surface area contributed by atoms with Crippen LogP contribution >= 0.6 is 0 Å². The molecule has 7 nitrogen and oxygen atoms in total. The number of methoxy groups -OCH3 is 1. The molecule has 1 amide bonds. The van der Waals surface area contributed by atoms with Gasteiger partial charge in [-0.15, -0.1) is 0 Å². The number of carbonyl (C=O) groups excluding carboxylic acids is 1. The Hall–Kier alpha value is -2.54. The van der Waals surface area contributed by atoms with Crippen molar-refractivity contribution in [3.05, 3.63) is 47.7 Å². The van der Waals surface area contributed by atoms with Gasteiger partial charge in [0.15, 0.2) is 0 Å². The molecule has 27 heavy (non-hydrogen) atoms. The topological polar surface area (TPSA) is 66.4 Å². The van der Waals surface area contributed by atoms with Crippen molar-refractivity contribution in [3.63, 3.8) is 0 Å². The fourth-order valence-electron chi connectivity index (χ4n) is 3.36. The van der Waals surface area contributed by atoms with E-state index in [4.69, 9.17) is 9.47 Å². The largest absolute Gasteiger partial charge is 0.445 e. The van der Waals surface area contributed by atoms with Crippen LogP contribution in [-0.2, 0) is 16.1 Å². The van der Waals surface area contributed by atoms with E-state index in [9.17, 15) is 4.79 Å². The first-order chi connectivity index (χ1) is 13.1. The molecule has 0 bridgehead atoms. The minimum atomic E-state index is -0.335. The minimum absolute atomic E-state index is 0.176. The molecule has 146 valence electrons. The average molecular weight is 372 g/mol. The Balaban J connectivity index is 1.49. The van der Waals surface area contributed by atoms with Gasteiger partial charge in [-0.1, -0.05) is 30.3 Å². The highest BCUT2D eigenvalue weighted by Gasteiger charge is 2.28. The molecule has 1 fully saturated rings. The quantitative estimate of drug-likeness (QED) is 0.880. The molecule has 0 spiro atoms. The molecular formula is C20H28N4O3. The van der Waals surface area contributed by atoms with E-state index in [-0.39, 0.29) is 18.5 Å². The third-order valence-electron chi connectivity index (χ3n) is 5.00. The second-order valence-corrected chi connectivity index (χ2v) is 6.92. The fraction of sp³-hybridized carbons (Fsp3) is 0.500. The number of ether oxygens (including phenoxy) is 2. The third-order valence-corrected chi connectivity index (χ3v) is 5.00. The summed E-state index contributed by atoms with van der Waals surface area (Å²) >= 11 is 0. The molecule has 1 atom stereocenters. The molecule has 1 unspecified atom stereocenters. The summed E-state index contributed by atoms with van der Waals surface area (Å²) < 4.78 is 10.7. The third kappa shape index (κ3) is 5.01. The number of hydrogen-bond acceptors (Lipinski definition) is 6. The van der Waals surface area contributed by atoms with Crippen LogP contribution in [0.3, 0.4) is 0 Å². The number of aliphatic imine (C=N–C) groups is 1. The van der Waals surface area contributed by atoms with E-state index in [0.717, 1.165) is 43.0 Å². The van der Waals surface area contributed by atoms with E-state index in [0.29, 0.717) is 6.61 Å². The summed E-state index contributed by atoms with van der Waals surface area (Å²) in [6.07, 6.45) is 3.19. The van der Waals surface area contributed by atoms with Crippen LogP contribution in [0.25, 0.3) is 0 Å². The van der Waals surface area contributed by atoms with Gasteiger partial charge >= 0.3 is 6.09 Å². The zero-order valence-electron chi connectivity index (χ0n) is 16.2. The number of rotatable bonds is 4. The Bertz CT molecular complexity index is 696. The van der Waals surface area contributed by atoms with E-state index < -0.39 is 0 Å². The molecule has 1 aromatic rings. The van der Waals surface area contributed by atoms with Gasteiger partial charge < -0.3 is 24.6 Å². The van der Waals surface area contributed by atoms with Crippen molar-refractivity contribution in [1.29, 1.82) is 0 Å². The molecule has 3 rings (SSSR count). The van der Waals surface area contributed by atoms with Gasteiger partial charge in [0.25, 0.3) is 0 Å². The molecule has 2 aliphatic heterocycles. The van der Waals surface area contributed by atoms with E-state index in [1.807, 2.05) is 50.4 Å². The van der Waals surface area contributed by atoms with Gasteiger partial charge in [-0.05, 0) is 31.4 Å². The van der Waals surface area contributed by atoms with Crippen molar-refractivity contribution in [2.75, 3.05) is 27.2 Å². The number of allylic oxidation sites excluding steroid dienone is 1. The van der Waals surface area contributed by atoms with Crippen molar-refractivity contribution in [1.82, 2.24) is 15.1 Å². The van der Waals surface area contributed by atoms with Crippen molar-refractivity contribution in [3.8, 4) is 0 Å². The van der Waals surface area contributed by atoms with Gasteiger partial charge in [0, 0.05) is 39.0 Å². The predicted octanol–water partition coefficient (Wildman–Crippen LogP) is 2.55. The summed E-state index contributed by atoms with van der Waals surface area (Å²) in [5.74, 6) is 0.936. The molecule has 0 aromatic heterocycles. The van der Waals surface area contributed by atoms with Gasteiger partial charge in [-0.3, -0.25) is 0 Å². The van der Waals surface area contributed by atoms with Crippen LogP contribution in [0.5, 0.6) is 0 Å². The highest BCUT2D eigenvalue weighted by atomic mass is 16.6. The van der Waals surface area contributed by atoms with Gasteiger partial charge in [-0.2, -0.15) is 0 Å². The maximum atomic E-state index is 12.4. The Morgan fingerprint density at radius 1 is 1.30 bits per heavy atom. The molecule has 1 saturated heterocycles.